The Morgan fingerprint density at radius 1 is 1.71 bits per heavy atom. The molecular weight excluding hydrogens is 122 g/mol. The van der Waals surface area contributed by atoms with Crippen molar-refractivity contribution in [2.24, 2.45) is 0 Å². The molecule has 0 bridgehead atoms. The maximum atomic E-state index is 9.42. The molecule has 0 aliphatic carbocycles. The number of nitrogens with zero attached hydrogens (tertiary/aromatic N) is 2. The van der Waals surface area contributed by atoms with Crippen LogP contribution in [0.1, 0.15) is 0 Å². The zero-order valence-electron chi connectivity index (χ0n) is 3.07. The summed E-state index contributed by atoms with van der Waals surface area (Å²) >= 11 is 0. The Balaban J connectivity index is 3.92. The lowest BCUT2D eigenvalue weighted by molar-refractivity contribution is 0.475. The van der Waals surface area contributed by atoms with Gasteiger partial charge in [0.1, 0.15) is 0 Å². The highest BCUT2D eigenvalue weighted by molar-refractivity contribution is 7.83. The van der Waals surface area contributed by atoms with Gasteiger partial charge in [-0.1, -0.05) is 0 Å². The van der Waals surface area contributed by atoms with Crippen molar-refractivity contribution >= 4 is 10.3 Å². The van der Waals surface area contributed by atoms with E-state index in [9.17, 15) is 8.42 Å². The lowest BCUT2D eigenvalue weighted by Gasteiger charge is -1.71. The molecule has 0 amide bonds. The Labute approximate surface area is 39.6 Å². The van der Waals surface area contributed by atoms with E-state index >= 15 is 0 Å². The second-order valence-corrected chi connectivity index (χ2v) is 1.80. The van der Waals surface area contributed by atoms with Crippen molar-refractivity contribution in [2.45, 2.75) is 0 Å². The van der Waals surface area contributed by atoms with E-state index in [0.29, 0.717) is 0 Å². The van der Waals surface area contributed by atoms with Crippen LogP contribution in [0.25, 0.3) is 5.08 Å². The van der Waals surface area contributed by atoms with Crippen molar-refractivity contribution in [3.8, 4) is 0 Å². The van der Waals surface area contributed by atoms with Gasteiger partial charge in [0.15, 0.2) is 0 Å². The highest BCUT2D eigenvalue weighted by Gasteiger charge is 2.06. The first-order valence-electron chi connectivity index (χ1n) is 1.14. The lowest BCUT2D eigenvalue weighted by atomic mass is 12.8. The molecule has 0 atom stereocenters. The van der Waals surface area contributed by atoms with Gasteiger partial charge in [0, 0.05) is 0 Å². The standard InChI is InChI=1S/HN3O3S/c1-2-3-7(4,5)6/h3H/p+1. The smallest absolute Gasteiger partial charge is 0.265 e. The minimum absolute atomic E-state index is 0.993. The molecule has 2 N–H and O–H groups in total. The van der Waals surface area contributed by atoms with Crippen molar-refractivity contribution < 1.29 is 13.0 Å². The second kappa shape index (κ2) is 1.72. The Kier molecular flexibility index (Phi) is 1.51. The fraction of sp³-hybridized carbons (Fsp3) is 0. The van der Waals surface area contributed by atoms with E-state index in [4.69, 9.17) is 9.95 Å². The Morgan fingerprint density at radius 2 is 2.14 bits per heavy atom. The van der Waals surface area contributed by atoms with Crippen molar-refractivity contribution in [2.75, 3.05) is 0 Å². The maximum absolute atomic E-state index is 9.42. The number of rotatable bonds is 1. The minimum Gasteiger partial charge on any atom is -0.265 e. The molecule has 6 nitrogen and oxygen atoms in total. The SMILES string of the molecule is N#[N+]NS(=O)(=O)O. The predicted octanol–water partition coefficient (Wildman–Crippen LogP) is -0.853. The van der Waals surface area contributed by atoms with Gasteiger partial charge in [-0.15, -0.1) is 0 Å². The van der Waals surface area contributed by atoms with E-state index in [0.717, 1.165) is 4.83 Å². The van der Waals surface area contributed by atoms with E-state index < -0.39 is 10.3 Å². The summed E-state index contributed by atoms with van der Waals surface area (Å²) < 4.78 is 26.5. The normalized spacial score (nSPS) is 9.71. The molecule has 0 aliphatic heterocycles. The molecular formula is H2N3O3S+. The first-order valence-corrected chi connectivity index (χ1v) is 2.58. The predicted molar refractivity (Wildman–Crippen MR) is 19.8 cm³/mol. The van der Waals surface area contributed by atoms with Crippen molar-refractivity contribution in [1.82, 2.24) is 4.83 Å². The fourth-order valence-corrected chi connectivity index (χ4v) is 0.155. The Hall–Kier alpha value is -0.870. The van der Waals surface area contributed by atoms with Crippen LogP contribution in [-0.2, 0) is 10.3 Å². The van der Waals surface area contributed by atoms with Crippen LogP contribution in [0.3, 0.4) is 0 Å². The molecule has 7 heteroatoms. The van der Waals surface area contributed by atoms with Crippen LogP contribution in [-0.4, -0.2) is 13.0 Å². The van der Waals surface area contributed by atoms with Crippen LogP contribution in [0.15, 0.2) is 0 Å². The molecule has 0 saturated heterocycles. The summed E-state index contributed by atoms with van der Waals surface area (Å²) in [5, 5.41) is 9.30. The molecule has 0 radical (unpaired) electrons. The lowest BCUT2D eigenvalue weighted by Crippen LogP contribution is -2.13. The van der Waals surface area contributed by atoms with Gasteiger partial charge in [-0.3, -0.25) is 4.55 Å². The highest BCUT2D eigenvalue weighted by atomic mass is 32.2. The maximum Gasteiger partial charge on any atom is 0.419 e. The second-order valence-electron chi connectivity index (χ2n) is 0.666. The number of hydrogen-bond acceptors (Lipinski definition) is 3. The van der Waals surface area contributed by atoms with Crippen LogP contribution in [0.2, 0.25) is 0 Å². The van der Waals surface area contributed by atoms with E-state index in [-0.39, 0.29) is 0 Å². The number of nitrogens with one attached hydrogen (secondary N) is 1. The molecule has 0 unspecified atom stereocenters. The average Bonchev–Trinajstić information content (AvgIpc) is 1.30. The van der Waals surface area contributed by atoms with Crippen molar-refractivity contribution in [3.05, 3.63) is 5.08 Å². The van der Waals surface area contributed by atoms with Crippen LogP contribution in [0, 0.1) is 5.39 Å². The van der Waals surface area contributed by atoms with Gasteiger partial charge < -0.3 is 0 Å². The first kappa shape index (κ1) is 6.13. The summed E-state index contributed by atoms with van der Waals surface area (Å²) in [6, 6.07) is 0. The molecule has 0 spiro atoms. The third-order valence-corrected chi connectivity index (χ3v) is 0.469. The molecule has 0 rings (SSSR count). The molecule has 40 valence electrons. The summed E-state index contributed by atoms with van der Waals surface area (Å²) in [4.78, 5) is 0.993. The molecule has 0 aromatic carbocycles. The summed E-state index contributed by atoms with van der Waals surface area (Å²) in [7, 11) is -4.34. The molecule has 7 heavy (non-hydrogen) atoms. The summed E-state index contributed by atoms with van der Waals surface area (Å²) in [6.45, 7) is 0. The number of hydrogen-bond donors (Lipinski definition) is 2. The van der Waals surface area contributed by atoms with Crippen LogP contribution in [0.4, 0.5) is 0 Å². The van der Waals surface area contributed by atoms with Gasteiger partial charge in [-0.25, -0.2) is 0 Å². The molecule has 0 aliphatic rings. The van der Waals surface area contributed by atoms with Gasteiger partial charge in [0.05, 0.1) is 4.83 Å². The van der Waals surface area contributed by atoms with Gasteiger partial charge in [0.2, 0.25) is 0 Å². The van der Waals surface area contributed by atoms with Crippen molar-refractivity contribution in [1.29, 1.82) is 5.39 Å². The first-order chi connectivity index (χ1) is 3.06. The van der Waals surface area contributed by atoms with E-state index in [1.54, 1.807) is 0 Å². The molecule has 0 aromatic rings. The molecule has 0 heterocycles. The Bertz CT molecular complexity index is 171. The summed E-state index contributed by atoms with van der Waals surface area (Å²) in [5.41, 5.74) is 0. The summed E-state index contributed by atoms with van der Waals surface area (Å²) in [5.74, 6) is 0. The van der Waals surface area contributed by atoms with Crippen molar-refractivity contribution in [3.63, 3.8) is 0 Å². The fourth-order valence-electron chi connectivity index (χ4n) is 0.0516. The van der Waals surface area contributed by atoms with Crippen LogP contribution < -0.4 is 4.83 Å². The van der Waals surface area contributed by atoms with E-state index in [1.165, 1.54) is 0 Å². The monoisotopic (exact) mass is 124 g/mol. The average molecular weight is 124 g/mol. The Morgan fingerprint density at radius 3 is 2.14 bits per heavy atom. The van der Waals surface area contributed by atoms with Gasteiger partial charge in [-0.2, -0.15) is 8.42 Å². The van der Waals surface area contributed by atoms with Crippen LogP contribution >= 0.6 is 0 Å². The molecule has 0 fully saturated rings. The third kappa shape index (κ3) is 5.13. The molecule has 0 saturated carbocycles. The topological polar surface area (TPSA) is 94.5 Å². The van der Waals surface area contributed by atoms with E-state index in [2.05, 4.69) is 0 Å². The van der Waals surface area contributed by atoms with E-state index in [1.807, 2.05) is 5.08 Å². The van der Waals surface area contributed by atoms with Crippen LogP contribution in [0.5, 0.6) is 0 Å². The molecule has 0 aromatic heterocycles. The van der Waals surface area contributed by atoms with Gasteiger partial charge >= 0.3 is 15.4 Å². The third-order valence-electron chi connectivity index (χ3n) is 0.156. The zero-order valence-corrected chi connectivity index (χ0v) is 3.88. The largest absolute Gasteiger partial charge is 0.419 e. The van der Waals surface area contributed by atoms with Gasteiger partial charge in [-0.05, 0) is 0 Å². The summed E-state index contributed by atoms with van der Waals surface area (Å²) in [6.07, 6.45) is 0. The zero-order chi connectivity index (χ0) is 5.91. The number of diazo groups is 1. The van der Waals surface area contributed by atoms with Gasteiger partial charge in [0.25, 0.3) is 5.39 Å². The quantitative estimate of drug-likeness (QED) is 0.270. The minimum atomic E-state index is -4.34. The highest BCUT2D eigenvalue weighted by Crippen LogP contribution is 1.67.